The van der Waals surface area contributed by atoms with E-state index >= 15 is 0 Å². The fraction of sp³-hybridized carbons (Fsp3) is 0.333. The number of fused-ring (bicyclic) bond motifs is 2. The fourth-order valence-electron chi connectivity index (χ4n) is 3.97. The molecule has 3 aromatic heterocycles. The first-order valence-corrected chi connectivity index (χ1v) is 11.5. The highest BCUT2D eigenvalue weighted by Crippen LogP contribution is 2.27. The first-order chi connectivity index (χ1) is 14.6. The summed E-state index contributed by atoms with van der Waals surface area (Å²) in [5, 5.41) is 7.05. The van der Waals surface area contributed by atoms with Crippen LogP contribution in [0.2, 0.25) is 5.15 Å². The molecule has 0 spiro atoms. The molecule has 0 aliphatic carbocycles. The largest absolute Gasteiger partial charge is 0.353 e. The summed E-state index contributed by atoms with van der Waals surface area (Å²) in [7, 11) is 1.90. The van der Waals surface area contributed by atoms with Crippen molar-refractivity contribution in [2.24, 2.45) is 7.05 Å². The lowest BCUT2D eigenvalue weighted by Crippen LogP contribution is -2.46. The van der Waals surface area contributed by atoms with E-state index in [0.29, 0.717) is 5.15 Å². The minimum absolute atomic E-state index is 0.594. The summed E-state index contributed by atoms with van der Waals surface area (Å²) in [6.45, 7) is 4.47. The number of hydrogen-bond donors (Lipinski definition) is 0. The average Bonchev–Trinajstić information content (AvgIpc) is 3.15. The number of anilines is 1. The maximum atomic E-state index is 6.53. The molecule has 1 aliphatic heterocycles. The Morgan fingerprint density at radius 2 is 1.93 bits per heavy atom. The van der Waals surface area contributed by atoms with Crippen molar-refractivity contribution >= 4 is 51.1 Å². The van der Waals surface area contributed by atoms with Crippen molar-refractivity contribution in [1.82, 2.24) is 29.6 Å². The van der Waals surface area contributed by atoms with E-state index in [9.17, 15) is 0 Å². The molecule has 1 aliphatic rings. The highest BCUT2D eigenvalue weighted by molar-refractivity contribution is 7.98. The smallest absolute Gasteiger partial charge is 0.163 e. The van der Waals surface area contributed by atoms with E-state index in [0.717, 1.165) is 66.0 Å². The molecule has 0 radical (unpaired) electrons. The molecule has 9 heteroatoms. The zero-order chi connectivity index (χ0) is 20.7. The van der Waals surface area contributed by atoms with E-state index in [2.05, 4.69) is 60.4 Å². The minimum atomic E-state index is 0.594. The van der Waals surface area contributed by atoms with Crippen molar-refractivity contribution in [1.29, 1.82) is 0 Å². The number of hydrogen-bond acceptors (Lipinski definition) is 7. The van der Waals surface area contributed by atoms with Crippen molar-refractivity contribution in [2.45, 2.75) is 11.4 Å². The van der Waals surface area contributed by atoms with Crippen LogP contribution in [0.5, 0.6) is 0 Å². The molecule has 1 saturated heterocycles. The van der Waals surface area contributed by atoms with Crippen LogP contribution < -0.4 is 4.90 Å². The van der Waals surface area contributed by atoms with Crippen LogP contribution in [0.4, 0.5) is 5.82 Å². The summed E-state index contributed by atoms with van der Waals surface area (Å²) in [5.41, 5.74) is 2.89. The van der Waals surface area contributed by atoms with Gasteiger partial charge in [0.25, 0.3) is 0 Å². The van der Waals surface area contributed by atoms with Gasteiger partial charge in [-0.25, -0.2) is 15.0 Å². The third-order valence-electron chi connectivity index (χ3n) is 5.63. The van der Waals surface area contributed by atoms with Crippen LogP contribution >= 0.6 is 23.4 Å². The standard InChI is InChI=1S/C21H22ClN7S/c1-27-20-17(11-25-27)21(24-13-23-20)29-7-5-28(6-8-29)12-15-9-14-3-4-16(30-2)10-18(14)26-19(15)22/h3-4,9-11,13H,5-8,12H2,1-2H3. The Balaban J connectivity index is 1.31. The van der Waals surface area contributed by atoms with Crippen molar-refractivity contribution in [3.63, 3.8) is 0 Å². The second kappa shape index (κ2) is 8.02. The number of pyridine rings is 1. The number of nitrogens with zero attached hydrogens (tertiary/aromatic N) is 7. The maximum Gasteiger partial charge on any atom is 0.163 e. The molecule has 0 saturated carbocycles. The van der Waals surface area contributed by atoms with Gasteiger partial charge in [-0.3, -0.25) is 9.58 Å². The summed E-state index contributed by atoms with van der Waals surface area (Å²) in [6.07, 6.45) is 5.53. The molecule has 30 heavy (non-hydrogen) atoms. The second-order valence-corrected chi connectivity index (χ2v) is 8.70. The Morgan fingerprint density at radius 1 is 1.10 bits per heavy atom. The summed E-state index contributed by atoms with van der Waals surface area (Å²) < 4.78 is 1.79. The van der Waals surface area contributed by atoms with Gasteiger partial charge in [-0.05, 0) is 24.5 Å². The first-order valence-electron chi connectivity index (χ1n) is 9.85. The molecule has 154 valence electrons. The Hall–Kier alpha value is -2.42. The molecule has 4 heterocycles. The van der Waals surface area contributed by atoms with Gasteiger partial charge >= 0.3 is 0 Å². The van der Waals surface area contributed by atoms with Gasteiger partial charge in [-0.15, -0.1) is 11.8 Å². The minimum Gasteiger partial charge on any atom is -0.353 e. The molecule has 0 bridgehead atoms. The summed E-state index contributed by atoms with van der Waals surface area (Å²) in [6, 6.07) is 8.52. The van der Waals surface area contributed by atoms with Crippen molar-refractivity contribution in [2.75, 3.05) is 37.3 Å². The van der Waals surface area contributed by atoms with Gasteiger partial charge in [-0.2, -0.15) is 5.10 Å². The monoisotopic (exact) mass is 439 g/mol. The Labute approximate surface area is 184 Å². The van der Waals surface area contributed by atoms with Crippen LogP contribution in [0.1, 0.15) is 5.56 Å². The van der Waals surface area contributed by atoms with Gasteiger partial charge in [-0.1, -0.05) is 17.7 Å². The van der Waals surface area contributed by atoms with E-state index < -0.39 is 0 Å². The predicted molar refractivity (Wildman–Crippen MR) is 122 cm³/mol. The van der Waals surface area contributed by atoms with E-state index in [4.69, 9.17) is 11.6 Å². The number of rotatable bonds is 4. The number of aryl methyl sites for hydroxylation is 1. The third kappa shape index (κ3) is 3.59. The molecular weight excluding hydrogens is 418 g/mol. The fourth-order valence-corrected chi connectivity index (χ4v) is 4.60. The lowest BCUT2D eigenvalue weighted by atomic mass is 10.1. The van der Waals surface area contributed by atoms with E-state index in [1.165, 1.54) is 4.90 Å². The number of benzene rings is 1. The molecule has 1 fully saturated rings. The van der Waals surface area contributed by atoms with Crippen molar-refractivity contribution in [3.8, 4) is 0 Å². The SMILES string of the molecule is CSc1ccc2cc(CN3CCN(c4ncnc5c4cnn5C)CC3)c(Cl)nc2c1. The topological polar surface area (TPSA) is 63.0 Å². The number of aromatic nitrogens is 5. The lowest BCUT2D eigenvalue weighted by Gasteiger charge is -2.35. The quantitative estimate of drug-likeness (QED) is 0.355. The van der Waals surface area contributed by atoms with Crippen LogP contribution in [-0.2, 0) is 13.6 Å². The third-order valence-corrected chi connectivity index (χ3v) is 6.68. The average molecular weight is 440 g/mol. The van der Waals surface area contributed by atoms with Crippen molar-refractivity contribution in [3.05, 3.63) is 47.5 Å². The molecule has 0 N–H and O–H groups in total. The number of halogens is 1. The van der Waals surface area contributed by atoms with Gasteiger partial charge < -0.3 is 4.90 Å². The molecule has 4 aromatic rings. The second-order valence-electron chi connectivity index (χ2n) is 7.46. The number of piperazine rings is 1. The molecule has 1 aromatic carbocycles. The molecule has 5 rings (SSSR count). The zero-order valence-corrected chi connectivity index (χ0v) is 18.5. The molecule has 0 amide bonds. The summed E-state index contributed by atoms with van der Waals surface area (Å²) in [5.74, 6) is 0.961. The van der Waals surface area contributed by atoms with E-state index in [1.807, 2.05) is 13.2 Å². The maximum absolute atomic E-state index is 6.53. The Morgan fingerprint density at radius 3 is 2.73 bits per heavy atom. The Bertz CT molecular complexity index is 1220. The van der Waals surface area contributed by atoms with Crippen LogP contribution in [0, 0.1) is 0 Å². The molecular formula is C21H22ClN7S. The van der Waals surface area contributed by atoms with Gasteiger partial charge in [0.2, 0.25) is 0 Å². The first kappa shape index (κ1) is 19.5. The van der Waals surface area contributed by atoms with Crippen LogP contribution in [0.25, 0.3) is 21.9 Å². The predicted octanol–water partition coefficient (Wildman–Crippen LogP) is 3.61. The molecule has 0 unspecified atom stereocenters. The summed E-state index contributed by atoms with van der Waals surface area (Å²) >= 11 is 8.24. The highest BCUT2D eigenvalue weighted by Gasteiger charge is 2.22. The Kier molecular flexibility index (Phi) is 5.22. The van der Waals surface area contributed by atoms with Gasteiger partial charge in [0.05, 0.1) is 17.1 Å². The normalized spacial score (nSPS) is 15.4. The highest BCUT2D eigenvalue weighted by atomic mass is 35.5. The van der Waals surface area contributed by atoms with Crippen LogP contribution in [0.3, 0.4) is 0 Å². The van der Waals surface area contributed by atoms with E-state index in [-0.39, 0.29) is 0 Å². The summed E-state index contributed by atoms with van der Waals surface area (Å²) in [4.78, 5) is 19.4. The molecule has 7 nitrogen and oxygen atoms in total. The van der Waals surface area contributed by atoms with Gasteiger partial charge in [0.15, 0.2) is 5.65 Å². The van der Waals surface area contributed by atoms with Crippen molar-refractivity contribution < 1.29 is 0 Å². The number of thioether (sulfide) groups is 1. The zero-order valence-electron chi connectivity index (χ0n) is 16.9. The van der Waals surface area contributed by atoms with Gasteiger partial charge in [0, 0.05) is 55.6 Å². The lowest BCUT2D eigenvalue weighted by molar-refractivity contribution is 0.249. The van der Waals surface area contributed by atoms with E-state index in [1.54, 1.807) is 22.8 Å². The molecule has 0 atom stereocenters. The van der Waals surface area contributed by atoms with Crippen LogP contribution in [0.15, 0.2) is 41.7 Å². The van der Waals surface area contributed by atoms with Crippen LogP contribution in [-0.4, -0.2) is 62.1 Å². The van der Waals surface area contributed by atoms with Gasteiger partial charge in [0.1, 0.15) is 17.3 Å².